The van der Waals surface area contributed by atoms with Crippen LogP contribution in [0.4, 0.5) is 4.39 Å². The Morgan fingerprint density at radius 3 is 2.46 bits per heavy atom. The minimum atomic E-state index is -0.200. The van der Waals surface area contributed by atoms with Crippen molar-refractivity contribution in [1.29, 1.82) is 0 Å². The van der Waals surface area contributed by atoms with Crippen molar-refractivity contribution in [2.45, 2.75) is 43.8 Å². The first kappa shape index (κ1) is 25.5. The highest BCUT2D eigenvalue weighted by atomic mass is 35.5. The Bertz CT molecular complexity index is 1380. The minimum absolute atomic E-state index is 0.108. The monoisotopic (exact) mass is 522 g/mol. The molecule has 37 heavy (non-hydrogen) atoms. The molecule has 2 aromatic heterocycles. The lowest BCUT2D eigenvalue weighted by molar-refractivity contribution is 0.213. The van der Waals surface area contributed by atoms with E-state index in [1.165, 1.54) is 17.7 Å². The van der Waals surface area contributed by atoms with Gasteiger partial charge in [0.1, 0.15) is 23.0 Å². The molecule has 2 N–H and O–H groups in total. The van der Waals surface area contributed by atoms with Gasteiger partial charge in [-0.15, -0.1) is 0 Å². The van der Waals surface area contributed by atoms with Gasteiger partial charge in [0.15, 0.2) is 0 Å². The lowest BCUT2D eigenvalue weighted by atomic mass is 9.75. The number of hydrogen-bond acceptors (Lipinski definition) is 5. The third-order valence-corrected chi connectivity index (χ3v) is 7.88. The van der Waals surface area contributed by atoms with E-state index in [2.05, 4.69) is 29.0 Å². The molecule has 0 spiro atoms. The van der Waals surface area contributed by atoms with Crippen molar-refractivity contribution in [2.75, 3.05) is 21.3 Å². The number of nitrogens with zero attached hydrogens (tertiary/aromatic N) is 2. The number of pyridine rings is 1. The molecule has 0 aliphatic heterocycles. The smallest absolute Gasteiger partial charge is 0.141 e. The van der Waals surface area contributed by atoms with Crippen LogP contribution < -0.4 is 20.1 Å². The lowest BCUT2D eigenvalue weighted by Crippen LogP contribution is -2.46. The zero-order valence-corrected chi connectivity index (χ0v) is 22.1. The molecule has 0 radical (unpaired) electrons. The number of methoxy groups -OCH3 is 2. The van der Waals surface area contributed by atoms with E-state index in [1.54, 1.807) is 20.3 Å². The topological polar surface area (TPSA) is 59.8 Å². The number of ether oxygens (including phenoxy) is 2. The predicted molar refractivity (Wildman–Crippen MR) is 145 cm³/mol. The Morgan fingerprint density at radius 1 is 1.05 bits per heavy atom. The first-order chi connectivity index (χ1) is 17.9. The molecule has 0 unspecified atom stereocenters. The van der Waals surface area contributed by atoms with Crippen LogP contribution in [0.3, 0.4) is 0 Å². The van der Waals surface area contributed by atoms with Crippen LogP contribution in [-0.4, -0.2) is 36.7 Å². The molecule has 5 rings (SSSR count). The van der Waals surface area contributed by atoms with Crippen molar-refractivity contribution in [3.8, 4) is 22.8 Å². The van der Waals surface area contributed by atoms with Crippen molar-refractivity contribution in [2.24, 2.45) is 0 Å². The van der Waals surface area contributed by atoms with Crippen LogP contribution in [0.25, 0.3) is 16.9 Å². The standard InChI is InChI=1S/C29H32ClFN4O2/c1-32-29(11-8-22(9-12-29)33-17-19-4-6-21(31)7-5-19)20-10-13-35-18-25(34-28(35)14-20)23-15-24(30)27(37-3)16-26(23)36-2/h4-7,10,13-16,18,22,32-33H,8-9,11-12,17H2,1-3H3. The van der Waals surface area contributed by atoms with E-state index < -0.39 is 0 Å². The van der Waals surface area contributed by atoms with E-state index in [9.17, 15) is 4.39 Å². The van der Waals surface area contributed by atoms with Gasteiger partial charge in [-0.05, 0) is 74.2 Å². The maximum atomic E-state index is 13.2. The van der Waals surface area contributed by atoms with E-state index in [0.29, 0.717) is 22.6 Å². The molecule has 1 aliphatic carbocycles. The first-order valence-corrected chi connectivity index (χ1v) is 12.9. The third kappa shape index (κ3) is 5.17. The Morgan fingerprint density at radius 2 is 1.78 bits per heavy atom. The number of aromatic nitrogens is 2. The first-order valence-electron chi connectivity index (χ1n) is 12.5. The van der Waals surface area contributed by atoms with Gasteiger partial charge in [0.05, 0.1) is 24.9 Å². The number of rotatable bonds is 8. The zero-order chi connectivity index (χ0) is 26.0. The summed E-state index contributed by atoms with van der Waals surface area (Å²) in [7, 11) is 5.25. The Labute approximate surface area is 221 Å². The average Bonchev–Trinajstić information content (AvgIpc) is 3.36. The fourth-order valence-electron chi connectivity index (χ4n) is 5.33. The second-order valence-corrected chi connectivity index (χ2v) is 10.0. The molecule has 8 heteroatoms. The van der Waals surface area contributed by atoms with Crippen molar-refractivity contribution >= 4 is 17.2 Å². The SMILES string of the molecule is CNC1(c2ccn3cc(-c4cc(Cl)c(OC)cc4OC)nc3c2)CCC(NCc2ccc(F)cc2)CC1. The van der Waals surface area contributed by atoms with Crippen LogP contribution in [0, 0.1) is 5.82 Å². The van der Waals surface area contributed by atoms with Crippen LogP contribution >= 0.6 is 11.6 Å². The van der Waals surface area contributed by atoms with Crippen LogP contribution in [0.5, 0.6) is 11.5 Å². The fraction of sp³-hybridized carbons (Fsp3) is 0.345. The number of halogens is 2. The van der Waals surface area contributed by atoms with Crippen LogP contribution in [0.15, 0.2) is 60.9 Å². The molecule has 2 aromatic carbocycles. The summed E-state index contributed by atoms with van der Waals surface area (Å²) in [4.78, 5) is 4.91. The summed E-state index contributed by atoms with van der Waals surface area (Å²) in [5, 5.41) is 7.77. The Kier molecular flexibility index (Phi) is 7.38. The van der Waals surface area contributed by atoms with Crippen LogP contribution in [-0.2, 0) is 12.1 Å². The van der Waals surface area contributed by atoms with Crippen molar-refractivity contribution in [3.05, 3.63) is 82.9 Å². The summed E-state index contributed by atoms with van der Waals surface area (Å²) in [6.07, 6.45) is 8.17. The summed E-state index contributed by atoms with van der Waals surface area (Å²) >= 11 is 6.40. The van der Waals surface area contributed by atoms with Gasteiger partial charge in [-0.3, -0.25) is 0 Å². The molecule has 2 heterocycles. The van der Waals surface area contributed by atoms with E-state index in [0.717, 1.165) is 54.7 Å². The summed E-state index contributed by atoms with van der Waals surface area (Å²) < 4.78 is 26.1. The van der Waals surface area contributed by atoms with Crippen molar-refractivity contribution < 1.29 is 13.9 Å². The zero-order valence-electron chi connectivity index (χ0n) is 21.4. The highest BCUT2D eigenvalue weighted by Gasteiger charge is 2.35. The van der Waals surface area contributed by atoms with Gasteiger partial charge in [0.25, 0.3) is 0 Å². The number of hydrogen-bond donors (Lipinski definition) is 2. The summed E-state index contributed by atoms with van der Waals surface area (Å²) in [5.74, 6) is 1.02. The molecule has 194 valence electrons. The maximum Gasteiger partial charge on any atom is 0.141 e. The van der Waals surface area contributed by atoms with Crippen LogP contribution in [0.1, 0.15) is 36.8 Å². The number of imidazole rings is 1. The Balaban J connectivity index is 1.34. The normalized spacial score (nSPS) is 19.8. The highest BCUT2D eigenvalue weighted by molar-refractivity contribution is 6.32. The van der Waals surface area contributed by atoms with Gasteiger partial charge in [0, 0.05) is 42.1 Å². The van der Waals surface area contributed by atoms with Gasteiger partial charge in [-0.1, -0.05) is 23.7 Å². The molecule has 0 atom stereocenters. The molecule has 0 saturated heterocycles. The molecule has 6 nitrogen and oxygen atoms in total. The van der Waals surface area contributed by atoms with Gasteiger partial charge in [-0.2, -0.15) is 0 Å². The molecule has 1 fully saturated rings. The second kappa shape index (κ2) is 10.7. The maximum absolute atomic E-state index is 13.2. The third-order valence-electron chi connectivity index (χ3n) is 7.59. The number of fused-ring (bicyclic) bond motifs is 1. The molecule has 1 aliphatic rings. The van der Waals surface area contributed by atoms with Crippen LogP contribution in [0.2, 0.25) is 5.02 Å². The van der Waals surface area contributed by atoms with Gasteiger partial charge in [0.2, 0.25) is 0 Å². The van der Waals surface area contributed by atoms with E-state index in [4.69, 9.17) is 26.1 Å². The average molecular weight is 523 g/mol. The van der Waals surface area contributed by atoms with E-state index in [-0.39, 0.29) is 11.4 Å². The lowest BCUT2D eigenvalue weighted by Gasteiger charge is -2.41. The summed E-state index contributed by atoms with van der Waals surface area (Å²) in [6, 6.07) is 15.1. The van der Waals surface area contributed by atoms with E-state index in [1.807, 2.05) is 35.8 Å². The Hall–Kier alpha value is -3.13. The predicted octanol–water partition coefficient (Wildman–Crippen LogP) is 5.96. The van der Waals surface area contributed by atoms with E-state index >= 15 is 0 Å². The molecular formula is C29H32ClFN4O2. The number of benzene rings is 2. The van der Waals surface area contributed by atoms with Gasteiger partial charge >= 0.3 is 0 Å². The van der Waals surface area contributed by atoms with Crippen molar-refractivity contribution in [1.82, 2.24) is 20.0 Å². The molecule has 4 aromatic rings. The minimum Gasteiger partial charge on any atom is -0.496 e. The van der Waals surface area contributed by atoms with Gasteiger partial charge < -0.3 is 24.5 Å². The summed E-state index contributed by atoms with van der Waals surface area (Å²) in [6.45, 7) is 0.749. The highest BCUT2D eigenvalue weighted by Crippen LogP contribution is 2.40. The molecule has 0 amide bonds. The quantitative estimate of drug-likeness (QED) is 0.299. The molecule has 0 bridgehead atoms. The summed E-state index contributed by atoms with van der Waals surface area (Å²) in [5.41, 5.74) is 4.69. The van der Waals surface area contributed by atoms with Gasteiger partial charge in [-0.25, -0.2) is 9.37 Å². The largest absolute Gasteiger partial charge is 0.496 e. The molecule has 1 saturated carbocycles. The number of nitrogens with one attached hydrogen (secondary N) is 2. The fourth-order valence-corrected chi connectivity index (χ4v) is 5.57. The molecular weight excluding hydrogens is 491 g/mol. The second-order valence-electron chi connectivity index (χ2n) is 9.61. The van der Waals surface area contributed by atoms with Crippen molar-refractivity contribution in [3.63, 3.8) is 0 Å².